The first-order valence-electron chi connectivity index (χ1n) is 6.54. The molecule has 0 aliphatic heterocycles. The summed E-state index contributed by atoms with van der Waals surface area (Å²) >= 11 is 12.2. The van der Waals surface area contributed by atoms with Crippen LogP contribution in [0.3, 0.4) is 0 Å². The van der Waals surface area contributed by atoms with Crippen molar-refractivity contribution in [1.29, 1.82) is 0 Å². The minimum Gasteiger partial charge on any atom is -0.507 e. The second kappa shape index (κ2) is 5.84. The molecule has 106 valence electrons. The Bertz CT molecular complexity index is 802. The fraction of sp³-hybridized carbons (Fsp3) is 0.0588. The van der Waals surface area contributed by atoms with Crippen molar-refractivity contribution in [3.8, 4) is 5.75 Å². The van der Waals surface area contributed by atoms with Gasteiger partial charge >= 0.3 is 0 Å². The molecule has 3 rings (SSSR count). The molecule has 0 spiro atoms. The molecule has 0 heterocycles. The van der Waals surface area contributed by atoms with Crippen LogP contribution in [-0.4, -0.2) is 5.11 Å². The summed E-state index contributed by atoms with van der Waals surface area (Å²) in [6.07, 6.45) is 0. The van der Waals surface area contributed by atoms with E-state index in [1.807, 2.05) is 42.5 Å². The maximum atomic E-state index is 9.90. The van der Waals surface area contributed by atoms with Crippen LogP contribution in [0, 0.1) is 0 Å². The number of nitrogens with one attached hydrogen (secondary N) is 1. The highest BCUT2D eigenvalue weighted by Crippen LogP contribution is 2.31. The molecule has 0 saturated carbocycles. The Morgan fingerprint density at radius 1 is 0.857 bits per heavy atom. The van der Waals surface area contributed by atoms with Gasteiger partial charge in [-0.05, 0) is 23.8 Å². The second-order valence-corrected chi connectivity index (χ2v) is 5.53. The van der Waals surface area contributed by atoms with Crippen LogP contribution in [-0.2, 0) is 6.54 Å². The molecule has 2 N–H and O–H groups in total. The number of halogens is 2. The third-order valence-electron chi connectivity index (χ3n) is 3.40. The van der Waals surface area contributed by atoms with E-state index in [9.17, 15) is 5.11 Å². The molecule has 0 aliphatic rings. The van der Waals surface area contributed by atoms with Crippen LogP contribution in [0.2, 0.25) is 10.0 Å². The van der Waals surface area contributed by atoms with Gasteiger partial charge in [0.25, 0.3) is 0 Å². The van der Waals surface area contributed by atoms with E-state index in [2.05, 4.69) is 5.32 Å². The molecule has 3 aromatic rings. The molecule has 3 aromatic carbocycles. The molecule has 0 bridgehead atoms. The lowest BCUT2D eigenvalue weighted by atomic mass is 10.1. The molecule has 0 saturated heterocycles. The zero-order valence-electron chi connectivity index (χ0n) is 11.1. The molecule has 2 nitrogen and oxygen atoms in total. The Kier molecular flexibility index (Phi) is 3.91. The molecule has 0 radical (unpaired) electrons. The van der Waals surface area contributed by atoms with E-state index in [0.29, 0.717) is 16.6 Å². The van der Waals surface area contributed by atoms with Crippen LogP contribution < -0.4 is 5.32 Å². The van der Waals surface area contributed by atoms with Crippen molar-refractivity contribution in [2.75, 3.05) is 5.32 Å². The Labute approximate surface area is 132 Å². The van der Waals surface area contributed by atoms with E-state index in [-0.39, 0.29) is 5.75 Å². The maximum Gasteiger partial charge on any atom is 0.123 e. The van der Waals surface area contributed by atoms with E-state index in [4.69, 9.17) is 23.2 Å². The standard InChI is InChI=1S/C17H13Cl2NO/c18-14-7-1-4-11(17(14)19)10-20-15-8-2-6-13-12(15)5-3-9-16(13)21/h1-9,20-21H,10H2. The quantitative estimate of drug-likeness (QED) is 0.671. The summed E-state index contributed by atoms with van der Waals surface area (Å²) in [6.45, 7) is 0.564. The summed E-state index contributed by atoms with van der Waals surface area (Å²) in [5.41, 5.74) is 1.88. The fourth-order valence-electron chi connectivity index (χ4n) is 2.32. The highest BCUT2D eigenvalue weighted by molar-refractivity contribution is 6.42. The van der Waals surface area contributed by atoms with E-state index >= 15 is 0 Å². The van der Waals surface area contributed by atoms with Crippen molar-refractivity contribution >= 4 is 39.7 Å². The molecular formula is C17H13Cl2NO. The number of benzene rings is 3. The Morgan fingerprint density at radius 3 is 2.43 bits per heavy atom. The molecule has 0 atom stereocenters. The van der Waals surface area contributed by atoms with Crippen LogP contribution in [0.4, 0.5) is 5.69 Å². The lowest BCUT2D eigenvalue weighted by Gasteiger charge is -2.12. The van der Waals surface area contributed by atoms with Crippen molar-refractivity contribution < 1.29 is 5.11 Å². The van der Waals surface area contributed by atoms with E-state index in [1.54, 1.807) is 12.1 Å². The van der Waals surface area contributed by atoms with Gasteiger partial charge in [-0.1, -0.05) is 59.6 Å². The zero-order valence-corrected chi connectivity index (χ0v) is 12.6. The molecule has 0 aliphatic carbocycles. The second-order valence-electron chi connectivity index (χ2n) is 4.74. The number of anilines is 1. The van der Waals surface area contributed by atoms with Gasteiger partial charge in [-0.25, -0.2) is 0 Å². The van der Waals surface area contributed by atoms with E-state index in [0.717, 1.165) is 22.0 Å². The number of aromatic hydroxyl groups is 1. The van der Waals surface area contributed by atoms with Gasteiger partial charge in [-0.2, -0.15) is 0 Å². The molecule has 0 amide bonds. The van der Waals surface area contributed by atoms with Crippen LogP contribution in [0.1, 0.15) is 5.56 Å². The zero-order chi connectivity index (χ0) is 14.8. The van der Waals surface area contributed by atoms with Gasteiger partial charge in [0.2, 0.25) is 0 Å². The summed E-state index contributed by atoms with van der Waals surface area (Å²) in [7, 11) is 0. The van der Waals surface area contributed by atoms with Gasteiger partial charge in [0.1, 0.15) is 5.75 Å². The Hall–Kier alpha value is -1.90. The normalized spacial score (nSPS) is 10.8. The Morgan fingerprint density at radius 2 is 1.57 bits per heavy atom. The number of phenolic OH excluding ortho intramolecular Hbond substituents is 1. The summed E-state index contributed by atoms with van der Waals surface area (Å²) in [5, 5.41) is 16.1. The number of fused-ring (bicyclic) bond motifs is 1. The van der Waals surface area contributed by atoms with Crippen LogP contribution in [0.5, 0.6) is 5.75 Å². The van der Waals surface area contributed by atoms with Crippen molar-refractivity contribution in [1.82, 2.24) is 0 Å². The van der Waals surface area contributed by atoms with Crippen LogP contribution >= 0.6 is 23.2 Å². The predicted octanol–water partition coefficient (Wildman–Crippen LogP) is 5.46. The van der Waals surface area contributed by atoms with Gasteiger partial charge in [-0.15, -0.1) is 0 Å². The summed E-state index contributed by atoms with van der Waals surface area (Å²) in [5.74, 6) is 0.275. The fourth-order valence-corrected chi connectivity index (χ4v) is 2.71. The van der Waals surface area contributed by atoms with Crippen LogP contribution in [0.15, 0.2) is 54.6 Å². The average Bonchev–Trinajstić information content (AvgIpc) is 2.49. The number of phenols is 1. The Balaban J connectivity index is 1.92. The first kappa shape index (κ1) is 14.1. The molecule has 4 heteroatoms. The summed E-state index contributed by atoms with van der Waals surface area (Å²) in [6, 6.07) is 16.8. The van der Waals surface area contributed by atoms with Crippen molar-refractivity contribution in [3.05, 3.63) is 70.2 Å². The molecule has 21 heavy (non-hydrogen) atoms. The van der Waals surface area contributed by atoms with Crippen molar-refractivity contribution in [2.24, 2.45) is 0 Å². The minimum atomic E-state index is 0.275. The number of rotatable bonds is 3. The predicted molar refractivity (Wildman–Crippen MR) is 89.4 cm³/mol. The lowest BCUT2D eigenvalue weighted by molar-refractivity contribution is 0.481. The van der Waals surface area contributed by atoms with Crippen molar-refractivity contribution in [3.63, 3.8) is 0 Å². The largest absolute Gasteiger partial charge is 0.507 e. The average molecular weight is 318 g/mol. The third-order valence-corrected chi connectivity index (χ3v) is 4.26. The monoisotopic (exact) mass is 317 g/mol. The molecular weight excluding hydrogens is 305 g/mol. The van der Waals surface area contributed by atoms with Gasteiger partial charge in [0, 0.05) is 23.0 Å². The number of hydrogen-bond acceptors (Lipinski definition) is 2. The van der Waals surface area contributed by atoms with E-state index in [1.165, 1.54) is 0 Å². The summed E-state index contributed by atoms with van der Waals surface area (Å²) in [4.78, 5) is 0. The topological polar surface area (TPSA) is 32.3 Å². The van der Waals surface area contributed by atoms with Crippen LogP contribution in [0.25, 0.3) is 10.8 Å². The first-order chi connectivity index (χ1) is 10.2. The van der Waals surface area contributed by atoms with E-state index < -0.39 is 0 Å². The van der Waals surface area contributed by atoms with Gasteiger partial charge in [-0.3, -0.25) is 0 Å². The van der Waals surface area contributed by atoms with Gasteiger partial charge in [0.05, 0.1) is 10.0 Å². The SMILES string of the molecule is Oc1cccc2c(NCc3cccc(Cl)c3Cl)cccc12. The minimum absolute atomic E-state index is 0.275. The first-order valence-corrected chi connectivity index (χ1v) is 7.30. The molecule has 0 fully saturated rings. The maximum absolute atomic E-state index is 9.90. The summed E-state index contributed by atoms with van der Waals surface area (Å²) < 4.78 is 0. The van der Waals surface area contributed by atoms with Gasteiger partial charge in [0.15, 0.2) is 0 Å². The smallest absolute Gasteiger partial charge is 0.123 e. The van der Waals surface area contributed by atoms with Crippen molar-refractivity contribution in [2.45, 2.75) is 6.54 Å². The number of hydrogen-bond donors (Lipinski definition) is 2. The van der Waals surface area contributed by atoms with Gasteiger partial charge < -0.3 is 10.4 Å². The molecule has 0 aromatic heterocycles. The highest BCUT2D eigenvalue weighted by atomic mass is 35.5. The molecule has 0 unspecified atom stereocenters. The highest BCUT2D eigenvalue weighted by Gasteiger charge is 2.06. The lowest BCUT2D eigenvalue weighted by Crippen LogP contribution is -2.00. The third kappa shape index (κ3) is 2.78.